The maximum atomic E-state index is 14.5. The van der Waals surface area contributed by atoms with Crippen LogP contribution in [-0.2, 0) is 12.5 Å². The van der Waals surface area contributed by atoms with Crippen LogP contribution in [0.5, 0.6) is 0 Å². The van der Waals surface area contributed by atoms with Gasteiger partial charge in [-0.2, -0.15) is 22.8 Å². The number of alkyl halides is 4. The van der Waals surface area contributed by atoms with Gasteiger partial charge in [-0.15, -0.1) is 0 Å². The van der Waals surface area contributed by atoms with Gasteiger partial charge in [-0.05, 0) is 17.2 Å². The molecule has 0 aliphatic rings. The van der Waals surface area contributed by atoms with E-state index in [0.29, 0.717) is 11.1 Å². The van der Waals surface area contributed by atoms with Crippen molar-refractivity contribution in [1.29, 1.82) is 5.26 Å². The minimum Gasteiger partial charge on any atom is -0.303 e. The summed E-state index contributed by atoms with van der Waals surface area (Å²) >= 11 is 0. The summed E-state index contributed by atoms with van der Waals surface area (Å²) in [6.45, 7) is 0.0544. The third-order valence-electron chi connectivity index (χ3n) is 4.55. The summed E-state index contributed by atoms with van der Waals surface area (Å²) in [5.41, 5.74) is -2.21. The number of hydrogen-bond donors (Lipinski definition) is 0. The Morgan fingerprint density at radius 2 is 1.52 bits per heavy atom. The van der Waals surface area contributed by atoms with Crippen molar-refractivity contribution in [1.82, 2.24) is 4.57 Å². The average Bonchev–Trinajstić information content (AvgIpc) is 2.69. The predicted octanol–water partition coefficient (Wildman–Crippen LogP) is 5.18. The fourth-order valence-electron chi connectivity index (χ4n) is 3.01. The Hall–Kier alpha value is -3.40. The first-order valence-electron chi connectivity index (χ1n) is 8.70. The average molecular weight is 400 g/mol. The molecule has 0 N–H and O–H groups in total. The molecule has 0 saturated heterocycles. The van der Waals surface area contributed by atoms with Crippen LogP contribution >= 0.6 is 0 Å². The quantitative estimate of drug-likeness (QED) is 0.554. The van der Waals surface area contributed by atoms with E-state index in [-0.39, 0.29) is 19.2 Å². The van der Waals surface area contributed by atoms with Gasteiger partial charge in [0.15, 0.2) is 0 Å². The van der Waals surface area contributed by atoms with Gasteiger partial charge in [0.25, 0.3) is 5.56 Å². The van der Waals surface area contributed by atoms with Gasteiger partial charge in [0.05, 0.1) is 17.8 Å². The van der Waals surface area contributed by atoms with Gasteiger partial charge in [0, 0.05) is 6.92 Å². The van der Waals surface area contributed by atoms with Gasteiger partial charge in [-0.1, -0.05) is 60.7 Å². The molecule has 7 heteroatoms. The Morgan fingerprint density at radius 1 is 0.966 bits per heavy atom. The molecule has 0 aliphatic heterocycles. The summed E-state index contributed by atoms with van der Waals surface area (Å²) in [5, 5.41) is 9.34. The maximum absolute atomic E-state index is 14.5. The molecule has 1 aromatic heterocycles. The highest BCUT2D eigenvalue weighted by atomic mass is 19.3. The first-order valence-corrected chi connectivity index (χ1v) is 8.70. The summed E-state index contributed by atoms with van der Waals surface area (Å²) < 4.78 is 57.4. The van der Waals surface area contributed by atoms with Crippen LogP contribution in [0.4, 0.5) is 17.6 Å². The summed E-state index contributed by atoms with van der Waals surface area (Å²) in [4.78, 5) is 13.0. The van der Waals surface area contributed by atoms with Crippen molar-refractivity contribution in [2.75, 3.05) is 0 Å². The lowest BCUT2D eigenvalue weighted by atomic mass is 9.96. The van der Waals surface area contributed by atoms with Crippen LogP contribution in [0.2, 0.25) is 0 Å². The highest BCUT2D eigenvalue weighted by Crippen LogP contribution is 2.44. The second-order valence-electron chi connectivity index (χ2n) is 6.64. The summed E-state index contributed by atoms with van der Waals surface area (Å²) in [5.74, 6) is -9.14. The van der Waals surface area contributed by atoms with E-state index in [4.69, 9.17) is 0 Å². The van der Waals surface area contributed by atoms with Gasteiger partial charge in [-0.25, -0.2) is 0 Å². The van der Waals surface area contributed by atoms with E-state index < -0.39 is 28.5 Å². The Bertz CT molecular complexity index is 1110. The second kappa shape index (κ2) is 7.55. The molecule has 3 rings (SSSR count). The van der Waals surface area contributed by atoms with Crippen LogP contribution in [0.3, 0.4) is 0 Å². The van der Waals surface area contributed by atoms with E-state index in [1.165, 1.54) is 6.07 Å². The van der Waals surface area contributed by atoms with Crippen molar-refractivity contribution in [3.8, 4) is 17.3 Å². The van der Waals surface area contributed by atoms with E-state index in [0.717, 1.165) is 10.6 Å². The summed E-state index contributed by atoms with van der Waals surface area (Å²) in [7, 11) is 0. The second-order valence-corrected chi connectivity index (χ2v) is 6.64. The monoisotopic (exact) mass is 400 g/mol. The van der Waals surface area contributed by atoms with Crippen molar-refractivity contribution in [2.24, 2.45) is 0 Å². The van der Waals surface area contributed by atoms with Crippen molar-refractivity contribution in [3.63, 3.8) is 0 Å². The maximum Gasteiger partial charge on any atom is 0.336 e. The molecule has 1 heterocycles. The molecule has 0 unspecified atom stereocenters. The third-order valence-corrected chi connectivity index (χ3v) is 4.55. The van der Waals surface area contributed by atoms with Crippen LogP contribution in [0.1, 0.15) is 23.6 Å². The van der Waals surface area contributed by atoms with Gasteiger partial charge in [-0.3, -0.25) is 4.79 Å². The number of aromatic nitrogens is 1. The Morgan fingerprint density at radius 3 is 2.03 bits per heavy atom. The molecule has 2 aromatic carbocycles. The molecule has 0 radical (unpaired) electrons. The standard InChI is InChI=1S/C22H16F4N2O/c1-21(23,24)22(25,26)18-12-19(16-10-6-3-7-11-16)28(20(29)17(18)13-27)14-15-8-4-2-5-9-15/h2-12H,14H2,1H3. The molecule has 0 fully saturated rings. The zero-order valence-electron chi connectivity index (χ0n) is 15.4. The number of benzene rings is 2. The number of rotatable bonds is 5. The zero-order valence-corrected chi connectivity index (χ0v) is 15.4. The van der Waals surface area contributed by atoms with Gasteiger partial charge in [0.1, 0.15) is 11.6 Å². The van der Waals surface area contributed by atoms with E-state index in [1.54, 1.807) is 60.7 Å². The first-order chi connectivity index (χ1) is 13.7. The highest BCUT2D eigenvalue weighted by Gasteiger charge is 2.55. The van der Waals surface area contributed by atoms with Crippen LogP contribution < -0.4 is 5.56 Å². The smallest absolute Gasteiger partial charge is 0.303 e. The molecular formula is C22H16F4N2O. The van der Waals surface area contributed by atoms with E-state index in [1.807, 2.05) is 0 Å². The predicted molar refractivity (Wildman–Crippen MR) is 101 cm³/mol. The molecule has 3 aromatic rings. The van der Waals surface area contributed by atoms with Crippen LogP contribution in [0.15, 0.2) is 71.5 Å². The van der Waals surface area contributed by atoms with E-state index in [2.05, 4.69) is 0 Å². The Kier molecular flexibility index (Phi) is 5.29. The number of nitriles is 1. The highest BCUT2D eigenvalue weighted by molar-refractivity contribution is 5.63. The molecule has 0 amide bonds. The molecule has 148 valence electrons. The van der Waals surface area contributed by atoms with Crippen molar-refractivity contribution in [2.45, 2.75) is 25.3 Å². The third kappa shape index (κ3) is 3.79. The molecule has 0 aliphatic carbocycles. The summed E-state index contributed by atoms with van der Waals surface area (Å²) in [6.07, 6.45) is 0. The molecule has 0 bridgehead atoms. The molecule has 0 atom stereocenters. The lowest BCUT2D eigenvalue weighted by Gasteiger charge is -2.26. The molecule has 3 nitrogen and oxygen atoms in total. The van der Waals surface area contributed by atoms with Crippen molar-refractivity contribution < 1.29 is 17.6 Å². The van der Waals surface area contributed by atoms with Crippen molar-refractivity contribution >= 4 is 0 Å². The molecule has 29 heavy (non-hydrogen) atoms. The SMILES string of the molecule is CC(F)(F)C(F)(F)c1cc(-c2ccccc2)n(Cc2ccccc2)c(=O)c1C#N. The fourth-order valence-corrected chi connectivity index (χ4v) is 3.01. The zero-order chi connectivity index (χ0) is 21.2. The number of nitrogens with zero attached hydrogens (tertiary/aromatic N) is 2. The number of halogens is 4. The molecule has 0 saturated carbocycles. The Balaban J connectivity index is 2.34. The largest absolute Gasteiger partial charge is 0.336 e. The lowest BCUT2D eigenvalue weighted by Crippen LogP contribution is -2.38. The molecule has 0 spiro atoms. The van der Waals surface area contributed by atoms with Crippen LogP contribution in [0.25, 0.3) is 11.3 Å². The summed E-state index contributed by atoms with van der Waals surface area (Å²) in [6, 6.07) is 19.1. The first kappa shape index (κ1) is 20.3. The molecular weight excluding hydrogens is 384 g/mol. The van der Waals surface area contributed by atoms with E-state index >= 15 is 0 Å². The van der Waals surface area contributed by atoms with Gasteiger partial charge in [0.2, 0.25) is 0 Å². The number of pyridine rings is 1. The normalized spacial score (nSPS) is 11.9. The van der Waals surface area contributed by atoms with Crippen molar-refractivity contribution in [3.05, 3.63) is 93.8 Å². The number of hydrogen-bond acceptors (Lipinski definition) is 2. The minimum absolute atomic E-state index is 0.00699. The Labute approximate surface area is 164 Å². The van der Waals surface area contributed by atoms with E-state index in [9.17, 15) is 27.6 Å². The van der Waals surface area contributed by atoms with Crippen LogP contribution in [0, 0.1) is 11.3 Å². The van der Waals surface area contributed by atoms with Gasteiger partial charge >= 0.3 is 11.8 Å². The van der Waals surface area contributed by atoms with Crippen LogP contribution in [-0.4, -0.2) is 10.5 Å². The minimum atomic E-state index is -4.69. The topological polar surface area (TPSA) is 45.8 Å². The fraction of sp³-hybridized carbons (Fsp3) is 0.182. The lowest BCUT2D eigenvalue weighted by molar-refractivity contribution is -0.205. The van der Waals surface area contributed by atoms with Gasteiger partial charge < -0.3 is 4.57 Å².